The first-order chi connectivity index (χ1) is 16.1. The summed E-state index contributed by atoms with van der Waals surface area (Å²) in [6.45, 7) is 7.91. The zero-order chi connectivity index (χ0) is 23.0. The number of para-hydroxylation sites is 2. The fourth-order valence-electron chi connectivity index (χ4n) is 4.05. The van der Waals surface area contributed by atoms with Gasteiger partial charge in [0.05, 0.1) is 12.6 Å². The maximum Gasteiger partial charge on any atom is 0.258 e. The highest BCUT2D eigenvalue weighted by molar-refractivity contribution is 5.77. The van der Waals surface area contributed by atoms with Crippen molar-refractivity contribution in [2.24, 2.45) is 0 Å². The van der Waals surface area contributed by atoms with Crippen molar-refractivity contribution in [3.05, 3.63) is 71.8 Å². The molecule has 2 heterocycles. The number of benzene rings is 2. The van der Waals surface area contributed by atoms with Gasteiger partial charge in [-0.2, -0.15) is 0 Å². The minimum atomic E-state index is -0.261. The molecule has 0 saturated carbocycles. The summed E-state index contributed by atoms with van der Waals surface area (Å²) in [4.78, 5) is 14.8. The Morgan fingerprint density at radius 2 is 1.82 bits per heavy atom. The van der Waals surface area contributed by atoms with Crippen LogP contribution in [-0.2, 0) is 24.3 Å². The van der Waals surface area contributed by atoms with E-state index in [4.69, 9.17) is 9.47 Å². The highest BCUT2D eigenvalue weighted by Gasteiger charge is 2.23. The molecule has 4 rings (SSSR count). The van der Waals surface area contributed by atoms with Crippen LogP contribution in [0.15, 0.2) is 54.6 Å². The normalized spacial score (nSPS) is 14.7. The third kappa shape index (κ3) is 5.90. The van der Waals surface area contributed by atoms with Crippen LogP contribution in [0.3, 0.4) is 0 Å². The average Bonchev–Trinajstić information content (AvgIpc) is 3.14. The van der Waals surface area contributed by atoms with Gasteiger partial charge in [0, 0.05) is 38.2 Å². The van der Waals surface area contributed by atoms with Crippen LogP contribution in [0.25, 0.3) is 0 Å². The maximum absolute atomic E-state index is 12.4. The van der Waals surface area contributed by atoms with Crippen molar-refractivity contribution in [1.82, 2.24) is 25.0 Å². The minimum absolute atomic E-state index is 0.0393. The minimum Gasteiger partial charge on any atom is -0.494 e. The van der Waals surface area contributed by atoms with Crippen molar-refractivity contribution < 1.29 is 14.3 Å². The van der Waals surface area contributed by atoms with E-state index in [0.29, 0.717) is 12.4 Å². The summed E-state index contributed by atoms with van der Waals surface area (Å²) < 4.78 is 13.5. The van der Waals surface area contributed by atoms with Gasteiger partial charge in [-0.05, 0) is 32.0 Å². The van der Waals surface area contributed by atoms with E-state index in [1.807, 2.05) is 56.3 Å². The predicted octanol–water partition coefficient (Wildman–Crippen LogP) is 2.99. The summed E-state index contributed by atoms with van der Waals surface area (Å²) in [5.74, 6) is 3.15. The van der Waals surface area contributed by atoms with Crippen molar-refractivity contribution in [3.8, 4) is 11.5 Å². The second-order valence-electron chi connectivity index (χ2n) is 8.08. The molecule has 1 atom stereocenters. The lowest BCUT2D eigenvalue weighted by molar-refractivity contribution is -0.123. The number of hydrogen-bond donors (Lipinski definition) is 1. The van der Waals surface area contributed by atoms with Crippen LogP contribution in [-0.4, -0.2) is 51.9 Å². The number of amides is 1. The van der Waals surface area contributed by atoms with Crippen molar-refractivity contribution in [1.29, 1.82) is 0 Å². The molecule has 8 heteroatoms. The molecule has 1 aliphatic rings. The molecular weight excluding hydrogens is 418 g/mol. The summed E-state index contributed by atoms with van der Waals surface area (Å²) in [6, 6.07) is 17.3. The van der Waals surface area contributed by atoms with Gasteiger partial charge in [-0.25, -0.2) is 0 Å². The fraction of sp³-hybridized carbons (Fsp3) is 0.400. The Bertz CT molecular complexity index is 1050. The lowest BCUT2D eigenvalue weighted by Crippen LogP contribution is -2.33. The van der Waals surface area contributed by atoms with Gasteiger partial charge in [0.1, 0.15) is 17.3 Å². The second-order valence-corrected chi connectivity index (χ2v) is 8.08. The molecule has 1 aromatic heterocycles. The molecular formula is C25H31N5O3. The molecule has 2 aromatic carbocycles. The summed E-state index contributed by atoms with van der Waals surface area (Å²) in [6.07, 6.45) is 0.807. The van der Waals surface area contributed by atoms with Crippen molar-refractivity contribution in [3.63, 3.8) is 0 Å². The Morgan fingerprint density at radius 3 is 2.64 bits per heavy atom. The van der Waals surface area contributed by atoms with Gasteiger partial charge < -0.3 is 19.4 Å². The zero-order valence-corrected chi connectivity index (χ0v) is 19.2. The molecule has 0 unspecified atom stereocenters. The van der Waals surface area contributed by atoms with Gasteiger partial charge >= 0.3 is 0 Å². The van der Waals surface area contributed by atoms with Gasteiger partial charge in [-0.15, -0.1) is 10.2 Å². The smallest absolute Gasteiger partial charge is 0.258 e. The van der Waals surface area contributed by atoms with Gasteiger partial charge in [-0.1, -0.05) is 36.4 Å². The molecule has 1 amide bonds. The second kappa shape index (κ2) is 11.0. The summed E-state index contributed by atoms with van der Waals surface area (Å²) in [7, 11) is 0. The van der Waals surface area contributed by atoms with Crippen LogP contribution in [0.5, 0.6) is 11.5 Å². The molecule has 3 aromatic rings. The molecule has 0 fully saturated rings. The fourth-order valence-corrected chi connectivity index (χ4v) is 4.05. The van der Waals surface area contributed by atoms with Gasteiger partial charge in [0.2, 0.25) is 0 Å². The van der Waals surface area contributed by atoms with Gasteiger partial charge in [-0.3, -0.25) is 9.69 Å². The van der Waals surface area contributed by atoms with E-state index >= 15 is 0 Å². The molecule has 0 radical (unpaired) electrons. The lowest BCUT2D eigenvalue weighted by atomic mass is 10.2. The van der Waals surface area contributed by atoms with E-state index in [9.17, 15) is 4.79 Å². The van der Waals surface area contributed by atoms with Crippen LogP contribution < -0.4 is 14.8 Å². The quantitative estimate of drug-likeness (QED) is 0.541. The molecule has 0 spiro atoms. The number of hydrogen-bond acceptors (Lipinski definition) is 6. The molecule has 33 heavy (non-hydrogen) atoms. The number of aromatic nitrogens is 3. The van der Waals surface area contributed by atoms with E-state index in [-0.39, 0.29) is 18.6 Å². The molecule has 0 saturated heterocycles. The Kier molecular flexibility index (Phi) is 7.57. The highest BCUT2D eigenvalue weighted by atomic mass is 16.5. The number of fused-ring (bicyclic) bond motifs is 1. The van der Waals surface area contributed by atoms with Gasteiger partial charge in [0.25, 0.3) is 5.91 Å². The first-order valence-corrected chi connectivity index (χ1v) is 11.5. The number of nitrogens with zero attached hydrogens (tertiary/aromatic N) is 4. The van der Waals surface area contributed by atoms with Crippen LogP contribution in [0.4, 0.5) is 0 Å². The SMILES string of the molecule is CCOc1ccccc1CN1CCc2nnc([C@H](C)NC(=O)COc3ccccc3)n2CC1. The number of carbonyl (C=O) groups is 1. The molecule has 1 aliphatic heterocycles. The highest BCUT2D eigenvalue weighted by Crippen LogP contribution is 2.22. The van der Waals surface area contributed by atoms with Crippen molar-refractivity contribution in [2.75, 3.05) is 26.3 Å². The van der Waals surface area contributed by atoms with Crippen molar-refractivity contribution >= 4 is 5.91 Å². The Hall–Kier alpha value is -3.39. The molecule has 0 aliphatic carbocycles. The monoisotopic (exact) mass is 449 g/mol. The van der Waals surface area contributed by atoms with Gasteiger partial charge in [0.15, 0.2) is 12.4 Å². The Morgan fingerprint density at radius 1 is 1.03 bits per heavy atom. The standard InChI is InChI=1S/C25H31N5O3/c1-3-32-22-12-8-7-9-20(22)17-29-14-13-23-27-28-25(30(23)16-15-29)19(2)26-24(31)18-33-21-10-5-4-6-11-21/h4-12,19H,3,13-18H2,1-2H3,(H,26,31)/t19-/m0/s1. The largest absolute Gasteiger partial charge is 0.494 e. The molecule has 0 bridgehead atoms. The number of nitrogens with one attached hydrogen (secondary N) is 1. The van der Waals surface area contributed by atoms with Crippen LogP contribution in [0, 0.1) is 0 Å². The van der Waals surface area contributed by atoms with E-state index in [1.54, 1.807) is 0 Å². The summed E-state index contributed by atoms with van der Waals surface area (Å²) >= 11 is 0. The van der Waals surface area contributed by atoms with E-state index in [1.165, 1.54) is 5.56 Å². The predicted molar refractivity (Wildman–Crippen MR) is 125 cm³/mol. The Balaban J connectivity index is 1.34. The van der Waals surface area contributed by atoms with E-state index < -0.39 is 0 Å². The van der Waals surface area contributed by atoms with Crippen LogP contribution in [0.2, 0.25) is 0 Å². The first-order valence-electron chi connectivity index (χ1n) is 11.5. The third-order valence-electron chi connectivity index (χ3n) is 5.69. The number of ether oxygens (including phenoxy) is 2. The lowest BCUT2D eigenvalue weighted by Gasteiger charge is -2.21. The van der Waals surface area contributed by atoms with Crippen LogP contribution >= 0.6 is 0 Å². The van der Waals surface area contributed by atoms with E-state index in [0.717, 1.165) is 50.0 Å². The maximum atomic E-state index is 12.4. The zero-order valence-electron chi connectivity index (χ0n) is 19.2. The molecule has 8 nitrogen and oxygen atoms in total. The third-order valence-corrected chi connectivity index (χ3v) is 5.69. The first kappa shape index (κ1) is 22.8. The average molecular weight is 450 g/mol. The summed E-state index contributed by atoms with van der Waals surface area (Å²) in [5, 5.41) is 11.8. The van der Waals surface area contributed by atoms with E-state index in [2.05, 4.69) is 37.1 Å². The Labute approximate surface area is 194 Å². The molecule has 1 N–H and O–H groups in total. The van der Waals surface area contributed by atoms with Crippen LogP contribution in [0.1, 0.15) is 37.1 Å². The molecule has 174 valence electrons. The summed E-state index contributed by atoms with van der Waals surface area (Å²) in [5.41, 5.74) is 1.19. The van der Waals surface area contributed by atoms with Crippen molar-refractivity contribution in [2.45, 2.75) is 39.4 Å². The topological polar surface area (TPSA) is 81.5 Å². The number of rotatable bonds is 9. The number of carbonyl (C=O) groups excluding carboxylic acids is 1.